The van der Waals surface area contributed by atoms with Crippen LogP contribution in [0.25, 0.3) is 10.9 Å². The number of amides is 1. The summed E-state index contributed by atoms with van der Waals surface area (Å²) in [4.78, 5) is 17.7. The van der Waals surface area contributed by atoms with Crippen molar-refractivity contribution in [3.05, 3.63) is 30.0 Å². The van der Waals surface area contributed by atoms with E-state index in [9.17, 15) is 4.79 Å². The number of fused-ring (bicyclic) bond motifs is 1. The molecule has 1 aromatic carbocycles. The van der Waals surface area contributed by atoms with Gasteiger partial charge in [-0.1, -0.05) is 6.07 Å². The molecule has 1 aliphatic rings. The van der Waals surface area contributed by atoms with Gasteiger partial charge in [-0.3, -0.25) is 9.69 Å². The molecule has 0 radical (unpaired) electrons. The number of anilines is 1. The predicted molar refractivity (Wildman–Crippen MR) is 83.5 cm³/mol. The number of aromatic nitrogens is 1. The molecule has 1 amide bonds. The maximum atomic E-state index is 12.1. The SMILES string of the molecule is Cc1cc2c(NC(=O)CCN3CCOCC3)cccc2[nH]1. The fraction of sp³-hybridized carbons (Fsp3) is 0.438. The smallest absolute Gasteiger partial charge is 0.225 e. The molecule has 5 nitrogen and oxygen atoms in total. The maximum Gasteiger partial charge on any atom is 0.225 e. The molecule has 112 valence electrons. The first-order valence-corrected chi connectivity index (χ1v) is 7.41. The van der Waals surface area contributed by atoms with Gasteiger partial charge >= 0.3 is 0 Å². The van der Waals surface area contributed by atoms with E-state index in [0.717, 1.165) is 55.1 Å². The molecule has 1 aromatic heterocycles. The van der Waals surface area contributed by atoms with Crippen LogP contribution in [0.5, 0.6) is 0 Å². The number of ether oxygens (including phenoxy) is 1. The predicted octanol–water partition coefficient (Wildman–Crippen LogP) is 2.14. The molecule has 0 unspecified atom stereocenters. The average molecular weight is 287 g/mol. The van der Waals surface area contributed by atoms with E-state index in [4.69, 9.17) is 4.74 Å². The van der Waals surface area contributed by atoms with Crippen LogP contribution < -0.4 is 5.32 Å². The number of H-pyrrole nitrogens is 1. The fourth-order valence-corrected chi connectivity index (χ4v) is 2.70. The fourth-order valence-electron chi connectivity index (χ4n) is 2.70. The number of hydrogen-bond acceptors (Lipinski definition) is 3. The number of carbonyl (C=O) groups excluding carboxylic acids is 1. The Hall–Kier alpha value is -1.85. The molecule has 0 atom stereocenters. The van der Waals surface area contributed by atoms with Gasteiger partial charge in [-0.25, -0.2) is 0 Å². The lowest BCUT2D eigenvalue weighted by molar-refractivity contribution is -0.116. The van der Waals surface area contributed by atoms with Crippen molar-refractivity contribution in [2.45, 2.75) is 13.3 Å². The summed E-state index contributed by atoms with van der Waals surface area (Å²) < 4.78 is 5.31. The van der Waals surface area contributed by atoms with E-state index in [1.54, 1.807) is 0 Å². The third-order valence-corrected chi connectivity index (χ3v) is 3.83. The van der Waals surface area contributed by atoms with Crippen LogP contribution in [0.2, 0.25) is 0 Å². The number of nitrogens with one attached hydrogen (secondary N) is 2. The molecule has 2 heterocycles. The Balaban J connectivity index is 1.60. The monoisotopic (exact) mass is 287 g/mol. The molecular weight excluding hydrogens is 266 g/mol. The molecule has 2 N–H and O–H groups in total. The van der Waals surface area contributed by atoms with Gasteiger partial charge in [-0.2, -0.15) is 0 Å². The number of aromatic amines is 1. The molecule has 5 heteroatoms. The normalized spacial score (nSPS) is 16.2. The van der Waals surface area contributed by atoms with Crippen molar-refractivity contribution in [1.29, 1.82) is 0 Å². The number of rotatable bonds is 4. The summed E-state index contributed by atoms with van der Waals surface area (Å²) in [6.07, 6.45) is 0.514. The minimum Gasteiger partial charge on any atom is -0.379 e. The van der Waals surface area contributed by atoms with E-state index in [1.807, 2.05) is 25.1 Å². The van der Waals surface area contributed by atoms with E-state index >= 15 is 0 Å². The number of morpholine rings is 1. The number of aryl methyl sites for hydroxylation is 1. The second kappa shape index (κ2) is 6.28. The van der Waals surface area contributed by atoms with Crippen LogP contribution in [0, 0.1) is 6.92 Å². The Morgan fingerprint density at radius 1 is 1.38 bits per heavy atom. The summed E-state index contributed by atoms with van der Waals surface area (Å²) in [5, 5.41) is 4.09. The second-order valence-electron chi connectivity index (χ2n) is 5.47. The lowest BCUT2D eigenvalue weighted by Crippen LogP contribution is -2.38. The topological polar surface area (TPSA) is 57.4 Å². The average Bonchev–Trinajstić information content (AvgIpc) is 2.88. The molecule has 0 saturated carbocycles. The van der Waals surface area contributed by atoms with Gasteiger partial charge in [0.25, 0.3) is 0 Å². The Labute approximate surface area is 124 Å². The minimum absolute atomic E-state index is 0.0628. The Kier molecular flexibility index (Phi) is 4.22. The van der Waals surface area contributed by atoms with Crippen LogP contribution in [-0.2, 0) is 9.53 Å². The van der Waals surface area contributed by atoms with Crippen LogP contribution >= 0.6 is 0 Å². The number of benzene rings is 1. The molecule has 0 bridgehead atoms. The van der Waals surface area contributed by atoms with Crippen LogP contribution in [0.4, 0.5) is 5.69 Å². The molecule has 1 saturated heterocycles. The highest BCUT2D eigenvalue weighted by Crippen LogP contribution is 2.24. The van der Waals surface area contributed by atoms with Crippen LogP contribution in [0.15, 0.2) is 24.3 Å². The summed E-state index contributed by atoms with van der Waals surface area (Å²) in [5.41, 5.74) is 3.03. The molecule has 2 aromatic rings. The van der Waals surface area contributed by atoms with Crippen molar-refractivity contribution in [3.63, 3.8) is 0 Å². The van der Waals surface area contributed by atoms with E-state index in [2.05, 4.69) is 21.3 Å². The molecule has 21 heavy (non-hydrogen) atoms. The zero-order valence-electron chi connectivity index (χ0n) is 12.3. The first kappa shape index (κ1) is 14.1. The Morgan fingerprint density at radius 3 is 3.00 bits per heavy atom. The number of nitrogens with zero attached hydrogens (tertiary/aromatic N) is 1. The molecule has 1 fully saturated rings. The lowest BCUT2D eigenvalue weighted by atomic mass is 10.2. The van der Waals surface area contributed by atoms with Crippen LogP contribution in [-0.4, -0.2) is 48.6 Å². The van der Waals surface area contributed by atoms with Gasteiger partial charge < -0.3 is 15.0 Å². The van der Waals surface area contributed by atoms with Gasteiger partial charge in [0.15, 0.2) is 0 Å². The first-order chi connectivity index (χ1) is 10.2. The zero-order valence-corrected chi connectivity index (χ0v) is 12.3. The summed E-state index contributed by atoms with van der Waals surface area (Å²) in [6, 6.07) is 7.98. The van der Waals surface area contributed by atoms with Gasteiger partial charge in [0.1, 0.15) is 0 Å². The highest BCUT2D eigenvalue weighted by atomic mass is 16.5. The van der Waals surface area contributed by atoms with E-state index in [-0.39, 0.29) is 5.91 Å². The first-order valence-electron chi connectivity index (χ1n) is 7.41. The highest BCUT2D eigenvalue weighted by Gasteiger charge is 2.13. The summed E-state index contributed by atoms with van der Waals surface area (Å²) in [7, 11) is 0. The number of hydrogen-bond donors (Lipinski definition) is 2. The van der Waals surface area contributed by atoms with E-state index < -0.39 is 0 Å². The molecule has 0 aliphatic carbocycles. The largest absolute Gasteiger partial charge is 0.379 e. The van der Waals surface area contributed by atoms with Crippen molar-refractivity contribution in [2.24, 2.45) is 0 Å². The highest BCUT2D eigenvalue weighted by molar-refractivity contribution is 6.01. The van der Waals surface area contributed by atoms with Crippen LogP contribution in [0.1, 0.15) is 12.1 Å². The van der Waals surface area contributed by atoms with Gasteiger partial charge in [0.2, 0.25) is 5.91 Å². The quantitative estimate of drug-likeness (QED) is 0.906. The van der Waals surface area contributed by atoms with Crippen LogP contribution in [0.3, 0.4) is 0 Å². The molecule has 3 rings (SSSR count). The van der Waals surface area contributed by atoms with E-state index in [1.165, 1.54) is 0 Å². The summed E-state index contributed by atoms with van der Waals surface area (Å²) in [5.74, 6) is 0.0628. The number of carbonyl (C=O) groups is 1. The Bertz CT molecular complexity index is 629. The van der Waals surface area contributed by atoms with Gasteiger partial charge in [0, 0.05) is 42.7 Å². The maximum absolute atomic E-state index is 12.1. The van der Waals surface area contributed by atoms with Gasteiger partial charge in [0.05, 0.1) is 18.9 Å². The molecule has 1 aliphatic heterocycles. The van der Waals surface area contributed by atoms with Crippen molar-refractivity contribution >= 4 is 22.5 Å². The zero-order chi connectivity index (χ0) is 14.7. The van der Waals surface area contributed by atoms with E-state index in [0.29, 0.717) is 6.42 Å². The standard InChI is InChI=1S/C16H21N3O2/c1-12-11-13-14(17-12)3-2-4-15(13)18-16(20)5-6-19-7-9-21-10-8-19/h2-4,11,17H,5-10H2,1H3,(H,18,20). The lowest BCUT2D eigenvalue weighted by Gasteiger charge is -2.26. The van der Waals surface area contributed by atoms with Gasteiger partial charge in [-0.15, -0.1) is 0 Å². The second-order valence-corrected chi connectivity index (χ2v) is 5.47. The summed E-state index contributed by atoms with van der Waals surface area (Å²) in [6.45, 7) is 6.17. The third-order valence-electron chi connectivity index (χ3n) is 3.83. The van der Waals surface area contributed by atoms with Crippen molar-refractivity contribution in [1.82, 2.24) is 9.88 Å². The summed E-state index contributed by atoms with van der Waals surface area (Å²) >= 11 is 0. The Morgan fingerprint density at radius 2 is 2.19 bits per heavy atom. The minimum atomic E-state index is 0.0628. The van der Waals surface area contributed by atoms with Gasteiger partial charge in [-0.05, 0) is 25.1 Å². The molecule has 0 spiro atoms. The molecular formula is C16H21N3O2. The van der Waals surface area contributed by atoms with Crippen molar-refractivity contribution in [2.75, 3.05) is 38.2 Å². The van der Waals surface area contributed by atoms with Crippen molar-refractivity contribution < 1.29 is 9.53 Å². The third kappa shape index (κ3) is 3.43. The van der Waals surface area contributed by atoms with Crippen molar-refractivity contribution in [3.8, 4) is 0 Å².